The van der Waals surface area contributed by atoms with Crippen LogP contribution >= 0.6 is 0 Å². The predicted molar refractivity (Wildman–Crippen MR) is 78.3 cm³/mol. The molecule has 0 saturated carbocycles. The Hall–Kier alpha value is -2.15. The monoisotopic (exact) mass is 310 g/mol. The molecule has 0 spiro atoms. The summed E-state index contributed by atoms with van der Waals surface area (Å²) in [5.41, 5.74) is 1.13. The Kier molecular flexibility index (Phi) is 5.32. The largest absolute Gasteiger partial charge is 0.481 e. The number of benzene rings is 1. The molecule has 1 aliphatic heterocycles. The van der Waals surface area contributed by atoms with Crippen LogP contribution in [0, 0.1) is 11.7 Å². The van der Waals surface area contributed by atoms with Gasteiger partial charge in [0.05, 0.1) is 18.2 Å². The van der Waals surface area contributed by atoms with Gasteiger partial charge in [0.2, 0.25) is 0 Å². The Labute approximate surface area is 127 Å². The van der Waals surface area contributed by atoms with Gasteiger partial charge in [0.15, 0.2) is 0 Å². The van der Waals surface area contributed by atoms with Crippen molar-refractivity contribution < 1.29 is 24.2 Å². The lowest BCUT2D eigenvalue weighted by atomic mass is 9.97. The summed E-state index contributed by atoms with van der Waals surface area (Å²) in [5, 5.41) is 20.4. The van der Waals surface area contributed by atoms with Crippen LogP contribution in [0.2, 0.25) is 0 Å². The fourth-order valence-corrected chi connectivity index (χ4v) is 2.62. The topological polar surface area (TPSA) is 89.9 Å². The van der Waals surface area contributed by atoms with Gasteiger partial charge in [-0.2, -0.15) is 0 Å². The number of piperidine rings is 1. The second-order valence-corrected chi connectivity index (χ2v) is 5.41. The smallest absolute Gasteiger partial charge is 0.317 e. The van der Waals surface area contributed by atoms with E-state index < -0.39 is 23.7 Å². The fraction of sp³-hybridized carbons (Fsp3) is 0.467. The normalized spacial score (nSPS) is 18.2. The van der Waals surface area contributed by atoms with Crippen molar-refractivity contribution in [1.29, 1.82) is 0 Å². The van der Waals surface area contributed by atoms with Crippen LogP contribution in [0.25, 0.3) is 0 Å². The van der Waals surface area contributed by atoms with Gasteiger partial charge >= 0.3 is 11.9 Å². The van der Waals surface area contributed by atoms with Crippen LogP contribution in [0.4, 0.5) is 10.1 Å². The number of carbonyl (C=O) groups is 2. The number of carboxylic acids is 2. The van der Waals surface area contributed by atoms with Crippen LogP contribution in [-0.2, 0) is 16.1 Å². The van der Waals surface area contributed by atoms with Gasteiger partial charge in [-0.25, -0.2) is 4.39 Å². The molecular weight excluding hydrogens is 291 g/mol. The molecule has 22 heavy (non-hydrogen) atoms. The van der Waals surface area contributed by atoms with Gasteiger partial charge < -0.3 is 20.4 Å². The number of hydrogen-bond acceptors (Lipinski definition) is 4. The SMILES string of the molecule is O=C(O)CNCc1ccc(F)c(N2CCCC(C(=O)O)C2)c1. The van der Waals surface area contributed by atoms with Crippen molar-refractivity contribution in [1.82, 2.24) is 5.32 Å². The van der Waals surface area contributed by atoms with E-state index in [2.05, 4.69) is 5.32 Å². The minimum absolute atomic E-state index is 0.169. The minimum atomic E-state index is -0.956. The molecule has 6 nitrogen and oxygen atoms in total. The number of nitrogens with zero attached hydrogens (tertiary/aromatic N) is 1. The second kappa shape index (κ2) is 7.22. The van der Waals surface area contributed by atoms with Crippen molar-refractivity contribution in [3.8, 4) is 0 Å². The first-order valence-corrected chi connectivity index (χ1v) is 7.16. The maximum atomic E-state index is 14.0. The highest BCUT2D eigenvalue weighted by Crippen LogP contribution is 2.26. The van der Waals surface area contributed by atoms with E-state index >= 15 is 0 Å². The quantitative estimate of drug-likeness (QED) is 0.734. The van der Waals surface area contributed by atoms with Gasteiger partial charge in [0.1, 0.15) is 5.82 Å². The number of halogens is 1. The Morgan fingerprint density at radius 1 is 1.36 bits per heavy atom. The van der Waals surface area contributed by atoms with Gasteiger partial charge in [-0.05, 0) is 30.5 Å². The van der Waals surface area contributed by atoms with Crippen molar-refractivity contribution in [3.05, 3.63) is 29.6 Å². The summed E-state index contributed by atoms with van der Waals surface area (Å²) in [4.78, 5) is 23.3. The molecule has 1 unspecified atom stereocenters. The molecule has 7 heteroatoms. The Balaban J connectivity index is 2.09. The zero-order valence-electron chi connectivity index (χ0n) is 12.1. The zero-order valence-corrected chi connectivity index (χ0v) is 12.1. The van der Waals surface area contributed by atoms with E-state index in [4.69, 9.17) is 10.2 Å². The summed E-state index contributed by atoms with van der Waals surface area (Å²) in [7, 11) is 0. The second-order valence-electron chi connectivity index (χ2n) is 5.41. The van der Waals surface area contributed by atoms with E-state index in [9.17, 15) is 14.0 Å². The number of carboxylic acid groups (broad SMARTS) is 2. The van der Waals surface area contributed by atoms with Gasteiger partial charge in [0, 0.05) is 19.6 Å². The average Bonchev–Trinajstić information content (AvgIpc) is 2.48. The molecule has 1 saturated heterocycles. The third-order valence-corrected chi connectivity index (χ3v) is 3.73. The van der Waals surface area contributed by atoms with E-state index in [0.29, 0.717) is 31.6 Å². The minimum Gasteiger partial charge on any atom is -0.481 e. The van der Waals surface area contributed by atoms with Crippen molar-refractivity contribution in [2.45, 2.75) is 19.4 Å². The lowest BCUT2D eigenvalue weighted by molar-refractivity contribution is -0.142. The van der Waals surface area contributed by atoms with Crippen LogP contribution in [0.15, 0.2) is 18.2 Å². The molecule has 0 aliphatic carbocycles. The molecule has 1 fully saturated rings. The molecule has 1 atom stereocenters. The molecule has 0 bridgehead atoms. The molecule has 120 valence electrons. The first kappa shape index (κ1) is 16.2. The van der Waals surface area contributed by atoms with E-state index in [1.807, 2.05) is 0 Å². The van der Waals surface area contributed by atoms with Crippen molar-refractivity contribution in [2.24, 2.45) is 5.92 Å². The summed E-state index contributed by atoms with van der Waals surface area (Å²) in [6.07, 6.45) is 1.31. The predicted octanol–water partition coefficient (Wildman–Crippen LogP) is 1.30. The number of hydrogen-bond donors (Lipinski definition) is 3. The Morgan fingerprint density at radius 3 is 2.82 bits per heavy atom. The molecular formula is C15H19FN2O4. The van der Waals surface area contributed by atoms with Gasteiger partial charge in [-0.1, -0.05) is 6.07 Å². The maximum absolute atomic E-state index is 14.0. The van der Waals surface area contributed by atoms with Gasteiger partial charge in [-0.3, -0.25) is 9.59 Å². The highest BCUT2D eigenvalue weighted by Gasteiger charge is 2.26. The standard InChI is InChI=1S/C15H19FN2O4/c16-12-4-3-10(7-17-8-14(19)20)6-13(12)18-5-1-2-11(9-18)15(21)22/h3-4,6,11,17H,1-2,5,7-9H2,(H,19,20)(H,21,22). The average molecular weight is 310 g/mol. The van der Waals surface area contributed by atoms with Crippen LogP contribution in [0.3, 0.4) is 0 Å². The molecule has 0 aromatic heterocycles. The van der Waals surface area contributed by atoms with Crippen LogP contribution in [0.1, 0.15) is 18.4 Å². The number of nitrogens with one attached hydrogen (secondary N) is 1. The third-order valence-electron chi connectivity index (χ3n) is 3.73. The molecule has 1 heterocycles. The maximum Gasteiger partial charge on any atom is 0.317 e. The summed E-state index contributed by atoms with van der Waals surface area (Å²) in [5.74, 6) is -2.69. The zero-order chi connectivity index (χ0) is 16.1. The molecule has 2 rings (SSSR count). The van der Waals surface area contributed by atoms with Crippen LogP contribution in [-0.4, -0.2) is 41.8 Å². The van der Waals surface area contributed by atoms with E-state index in [1.54, 1.807) is 17.0 Å². The van der Waals surface area contributed by atoms with E-state index in [1.165, 1.54) is 6.07 Å². The van der Waals surface area contributed by atoms with Crippen LogP contribution in [0.5, 0.6) is 0 Å². The first-order chi connectivity index (χ1) is 10.5. The van der Waals surface area contributed by atoms with Crippen molar-refractivity contribution >= 4 is 17.6 Å². The molecule has 1 aromatic rings. The summed E-state index contributed by atoms with van der Waals surface area (Å²) >= 11 is 0. The van der Waals surface area contributed by atoms with Crippen molar-refractivity contribution in [2.75, 3.05) is 24.5 Å². The summed E-state index contributed by atoms with van der Waals surface area (Å²) in [6.45, 7) is 1.05. The molecule has 3 N–H and O–H groups in total. The van der Waals surface area contributed by atoms with Gasteiger partial charge in [-0.15, -0.1) is 0 Å². The highest BCUT2D eigenvalue weighted by molar-refractivity contribution is 5.71. The highest BCUT2D eigenvalue weighted by atomic mass is 19.1. The summed E-state index contributed by atoms with van der Waals surface area (Å²) in [6, 6.07) is 4.57. The lowest BCUT2D eigenvalue weighted by Crippen LogP contribution is -2.39. The summed E-state index contributed by atoms with van der Waals surface area (Å²) < 4.78 is 14.0. The van der Waals surface area contributed by atoms with Crippen molar-refractivity contribution in [3.63, 3.8) is 0 Å². The molecule has 0 amide bonds. The fourth-order valence-electron chi connectivity index (χ4n) is 2.62. The lowest BCUT2D eigenvalue weighted by Gasteiger charge is -2.33. The Morgan fingerprint density at radius 2 is 2.14 bits per heavy atom. The molecule has 1 aromatic carbocycles. The van der Waals surface area contributed by atoms with E-state index in [0.717, 1.165) is 5.56 Å². The first-order valence-electron chi connectivity index (χ1n) is 7.16. The molecule has 0 radical (unpaired) electrons. The number of aliphatic carboxylic acids is 2. The third kappa shape index (κ3) is 4.17. The van der Waals surface area contributed by atoms with Crippen LogP contribution < -0.4 is 10.2 Å². The Bertz CT molecular complexity index is 564. The van der Waals surface area contributed by atoms with E-state index in [-0.39, 0.29) is 13.1 Å². The number of anilines is 1. The molecule has 1 aliphatic rings. The van der Waals surface area contributed by atoms with Gasteiger partial charge in [0.25, 0.3) is 0 Å². The number of rotatable bonds is 6.